The minimum absolute atomic E-state index is 0.0358. The van der Waals surface area contributed by atoms with Crippen molar-refractivity contribution in [2.75, 3.05) is 19.8 Å². The van der Waals surface area contributed by atoms with Gasteiger partial charge in [-0.1, -0.05) is 19.9 Å². The molecule has 1 aliphatic rings. The van der Waals surface area contributed by atoms with Crippen LogP contribution in [0.2, 0.25) is 0 Å². The molecule has 1 aliphatic heterocycles. The summed E-state index contributed by atoms with van der Waals surface area (Å²) >= 11 is 0. The lowest BCUT2D eigenvalue weighted by Gasteiger charge is -2.12. The van der Waals surface area contributed by atoms with E-state index in [1.165, 1.54) is 0 Å². The normalized spacial score (nSPS) is 17.7. The van der Waals surface area contributed by atoms with Crippen LogP contribution in [-0.4, -0.2) is 31.8 Å². The highest BCUT2D eigenvalue weighted by Crippen LogP contribution is 2.17. The van der Waals surface area contributed by atoms with Crippen molar-refractivity contribution in [3.63, 3.8) is 0 Å². The average molecular weight is 305 g/mol. The molecule has 1 heterocycles. The van der Waals surface area contributed by atoms with Crippen molar-refractivity contribution in [1.29, 1.82) is 0 Å². The topological polar surface area (TPSA) is 47.6 Å². The molecule has 1 unspecified atom stereocenters. The van der Waals surface area contributed by atoms with Crippen LogP contribution in [0, 0.1) is 5.92 Å². The predicted octanol–water partition coefficient (Wildman–Crippen LogP) is 3.41. The van der Waals surface area contributed by atoms with Gasteiger partial charge in [0, 0.05) is 18.7 Å². The third-order valence-electron chi connectivity index (χ3n) is 3.80. The second-order valence-electron chi connectivity index (χ2n) is 6.27. The van der Waals surface area contributed by atoms with Crippen LogP contribution in [0.15, 0.2) is 24.3 Å². The molecular formula is C18H27NO3. The number of benzene rings is 1. The molecule has 0 bridgehead atoms. The molecule has 0 aromatic heterocycles. The van der Waals surface area contributed by atoms with E-state index in [0.717, 1.165) is 44.6 Å². The summed E-state index contributed by atoms with van der Waals surface area (Å²) in [7, 11) is 0. The van der Waals surface area contributed by atoms with Gasteiger partial charge in [0.05, 0.1) is 6.10 Å². The smallest absolute Gasteiger partial charge is 0.251 e. The molecule has 2 rings (SSSR count). The zero-order valence-corrected chi connectivity index (χ0v) is 13.6. The Hall–Kier alpha value is -1.55. The van der Waals surface area contributed by atoms with Crippen molar-refractivity contribution in [1.82, 2.24) is 5.32 Å². The maximum absolute atomic E-state index is 12.1. The summed E-state index contributed by atoms with van der Waals surface area (Å²) < 4.78 is 11.3. The Labute approximate surface area is 133 Å². The summed E-state index contributed by atoms with van der Waals surface area (Å²) in [5.41, 5.74) is 0.648. The van der Waals surface area contributed by atoms with Gasteiger partial charge < -0.3 is 14.8 Å². The van der Waals surface area contributed by atoms with Gasteiger partial charge in [-0.25, -0.2) is 0 Å². The molecule has 1 amide bonds. The Morgan fingerprint density at radius 2 is 2.32 bits per heavy atom. The van der Waals surface area contributed by atoms with Crippen LogP contribution in [-0.2, 0) is 4.74 Å². The van der Waals surface area contributed by atoms with Crippen molar-refractivity contribution >= 4 is 5.91 Å². The maximum atomic E-state index is 12.1. The SMILES string of the molecule is CC(C)CCCNC(=O)c1cccc(OCC2CCCO2)c1. The van der Waals surface area contributed by atoms with E-state index < -0.39 is 0 Å². The van der Waals surface area contributed by atoms with E-state index in [1.54, 1.807) is 6.07 Å². The van der Waals surface area contributed by atoms with Gasteiger partial charge in [0.25, 0.3) is 5.91 Å². The van der Waals surface area contributed by atoms with E-state index in [2.05, 4.69) is 19.2 Å². The molecule has 22 heavy (non-hydrogen) atoms. The Morgan fingerprint density at radius 3 is 3.05 bits per heavy atom. The first-order chi connectivity index (χ1) is 10.6. The third kappa shape index (κ3) is 5.68. The minimum Gasteiger partial charge on any atom is -0.491 e. The molecule has 1 aromatic carbocycles. The molecule has 1 fully saturated rings. The van der Waals surface area contributed by atoms with Crippen molar-refractivity contribution < 1.29 is 14.3 Å². The number of carbonyl (C=O) groups is 1. The summed E-state index contributed by atoms with van der Waals surface area (Å²) in [4.78, 5) is 12.1. The highest BCUT2D eigenvalue weighted by Gasteiger charge is 2.16. The molecule has 1 N–H and O–H groups in total. The zero-order valence-electron chi connectivity index (χ0n) is 13.6. The Bertz CT molecular complexity index is 467. The molecule has 0 aliphatic carbocycles. The van der Waals surface area contributed by atoms with Crippen LogP contribution in [0.4, 0.5) is 0 Å². The molecule has 1 aromatic rings. The van der Waals surface area contributed by atoms with E-state index in [-0.39, 0.29) is 12.0 Å². The van der Waals surface area contributed by atoms with Gasteiger partial charge in [0.15, 0.2) is 0 Å². The number of rotatable bonds is 8. The van der Waals surface area contributed by atoms with Crippen LogP contribution in [0.25, 0.3) is 0 Å². The Balaban J connectivity index is 1.78. The standard InChI is InChI=1S/C18H27NO3/c1-14(2)6-4-10-19-18(20)15-7-3-8-16(12-15)22-13-17-9-5-11-21-17/h3,7-8,12,14,17H,4-6,9-11,13H2,1-2H3,(H,19,20). The number of ether oxygens (including phenoxy) is 2. The molecular weight excluding hydrogens is 278 g/mol. The van der Waals surface area contributed by atoms with E-state index >= 15 is 0 Å². The van der Waals surface area contributed by atoms with Crippen molar-refractivity contribution in [2.24, 2.45) is 5.92 Å². The second kappa shape index (κ2) is 8.79. The first kappa shape index (κ1) is 16.8. The summed E-state index contributed by atoms with van der Waals surface area (Å²) in [6.45, 7) is 6.48. The fraction of sp³-hybridized carbons (Fsp3) is 0.611. The fourth-order valence-corrected chi connectivity index (χ4v) is 2.51. The first-order valence-electron chi connectivity index (χ1n) is 8.28. The summed E-state index contributed by atoms with van der Waals surface area (Å²) in [5.74, 6) is 1.36. The van der Waals surface area contributed by atoms with Gasteiger partial charge in [-0.3, -0.25) is 4.79 Å². The highest BCUT2D eigenvalue weighted by molar-refractivity contribution is 5.94. The summed E-state index contributed by atoms with van der Waals surface area (Å²) in [5, 5.41) is 2.96. The predicted molar refractivity (Wildman–Crippen MR) is 87.3 cm³/mol. The van der Waals surface area contributed by atoms with Gasteiger partial charge in [0.2, 0.25) is 0 Å². The number of hydrogen-bond acceptors (Lipinski definition) is 3. The minimum atomic E-state index is -0.0358. The van der Waals surface area contributed by atoms with Crippen LogP contribution in [0.1, 0.15) is 49.9 Å². The van der Waals surface area contributed by atoms with Gasteiger partial charge in [-0.05, 0) is 49.8 Å². The molecule has 1 atom stereocenters. The summed E-state index contributed by atoms with van der Waals surface area (Å²) in [6.07, 6.45) is 4.49. The van der Waals surface area contributed by atoms with Gasteiger partial charge >= 0.3 is 0 Å². The van der Waals surface area contributed by atoms with Crippen LogP contribution < -0.4 is 10.1 Å². The van der Waals surface area contributed by atoms with E-state index in [4.69, 9.17) is 9.47 Å². The van der Waals surface area contributed by atoms with Crippen molar-refractivity contribution in [2.45, 2.75) is 45.6 Å². The molecule has 4 nitrogen and oxygen atoms in total. The molecule has 0 spiro atoms. The molecule has 0 radical (unpaired) electrons. The molecule has 122 valence electrons. The quantitative estimate of drug-likeness (QED) is 0.749. The monoisotopic (exact) mass is 305 g/mol. The molecule has 0 saturated carbocycles. The lowest BCUT2D eigenvalue weighted by atomic mass is 10.1. The second-order valence-corrected chi connectivity index (χ2v) is 6.27. The van der Waals surface area contributed by atoms with Gasteiger partial charge in [0.1, 0.15) is 12.4 Å². The maximum Gasteiger partial charge on any atom is 0.251 e. The highest BCUT2D eigenvalue weighted by atomic mass is 16.5. The molecule has 4 heteroatoms. The van der Waals surface area contributed by atoms with Crippen LogP contribution in [0.5, 0.6) is 5.75 Å². The largest absolute Gasteiger partial charge is 0.491 e. The summed E-state index contributed by atoms with van der Waals surface area (Å²) in [6, 6.07) is 7.35. The third-order valence-corrected chi connectivity index (χ3v) is 3.80. The Morgan fingerprint density at radius 1 is 1.45 bits per heavy atom. The average Bonchev–Trinajstić information content (AvgIpc) is 3.03. The van der Waals surface area contributed by atoms with Crippen LogP contribution >= 0.6 is 0 Å². The van der Waals surface area contributed by atoms with Gasteiger partial charge in [-0.15, -0.1) is 0 Å². The molecule has 1 saturated heterocycles. The van der Waals surface area contributed by atoms with Crippen molar-refractivity contribution in [3.05, 3.63) is 29.8 Å². The van der Waals surface area contributed by atoms with Crippen molar-refractivity contribution in [3.8, 4) is 5.75 Å². The van der Waals surface area contributed by atoms with E-state index in [1.807, 2.05) is 18.2 Å². The van der Waals surface area contributed by atoms with Gasteiger partial charge in [-0.2, -0.15) is 0 Å². The first-order valence-corrected chi connectivity index (χ1v) is 8.28. The number of carbonyl (C=O) groups excluding carboxylic acids is 1. The Kier molecular flexibility index (Phi) is 6.72. The van der Waals surface area contributed by atoms with Crippen LogP contribution in [0.3, 0.4) is 0 Å². The van der Waals surface area contributed by atoms with E-state index in [0.29, 0.717) is 18.1 Å². The zero-order chi connectivity index (χ0) is 15.8. The van der Waals surface area contributed by atoms with E-state index in [9.17, 15) is 4.79 Å². The number of hydrogen-bond donors (Lipinski definition) is 1. The number of nitrogens with one attached hydrogen (secondary N) is 1. The lowest BCUT2D eigenvalue weighted by Crippen LogP contribution is -2.24. The lowest BCUT2D eigenvalue weighted by molar-refractivity contribution is 0.0679. The fourth-order valence-electron chi connectivity index (χ4n) is 2.51. The number of amides is 1.